The monoisotopic (exact) mass is 326 g/mol. The molecule has 22 heavy (non-hydrogen) atoms. The van der Waals surface area contributed by atoms with Gasteiger partial charge < -0.3 is 10.1 Å². The summed E-state index contributed by atoms with van der Waals surface area (Å²) >= 11 is 1.47. The summed E-state index contributed by atoms with van der Waals surface area (Å²) in [4.78, 5) is 21.1. The summed E-state index contributed by atoms with van der Waals surface area (Å²) in [6, 6.07) is 0.499. The summed E-state index contributed by atoms with van der Waals surface area (Å²) in [6.07, 6.45) is 1.09. The van der Waals surface area contributed by atoms with Crippen LogP contribution in [0.1, 0.15) is 19.0 Å². The van der Waals surface area contributed by atoms with Gasteiger partial charge in [0.05, 0.1) is 18.8 Å². The number of piperazine rings is 1. The largest absolute Gasteiger partial charge is 0.383 e. The topological polar surface area (TPSA) is 57.7 Å². The molecule has 1 aliphatic heterocycles. The second kappa shape index (κ2) is 8.57. The fourth-order valence-corrected chi connectivity index (χ4v) is 3.47. The van der Waals surface area contributed by atoms with Crippen molar-refractivity contribution >= 4 is 22.4 Å². The molecule has 1 saturated heterocycles. The number of hydrogen-bond acceptors (Lipinski definition) is 6. The Morgan fingerprint density at radius 3 is 3.00 bits per heavy atom. The molecule has 7 heteroatoms. The molecule has 6 nitrogen and oxygen atoms in total. The predicted octanol–water partition coefficient (Wildman–Crippen LogP) is 1.43. The number of hydrogen-bond donors (Lipinski definition) is 1. The van der Waals surface area contributed by atoms with E-state index in [9.17, 15) is 4.79 Å². The van der Waals surface area contributed by atoms with E-state index in [1.165, 1.54) is 11.3 Å². The summed E-state index contributed by atoms with van der Waals surface area (Å²) in [7, 11) is 1.74. The van der Waals surface area contributed by atoms with Crippen molar-refractivity contribution in [2.24, 2.45) is 0 Å². The van der Waals surface area contributed by atoms with E-state index < -0.39 is 0 Å². The maximum absolute atomic E-state index is 12.1. The zero-order valence-corrected chi connectivity index (χ0v) is 14.5. The molecule has 1 N–H and O–H groups in total. The number of methoxy groups -OCH3 is 1. The average molecular weight is 326 g/mol. The van der Waals surface area contributed by atoms with E-state index >= 15 is 0 Å². The van der Waals surface area contributed by atoms with Gasteiger partial charge in [-0.25, -0.2) is 4.98 Å². The number of carbonyl (C=O) groups is 1. The Kier molecular flexibility index (Phi) is 6.75. The van der Waals surface area contributed by atoms with Gasteiger partial charge in [0.25, 0.3) is 0 Å². The first-order chi connectivity index (χ1) is 10.6. The number of thiazole rings is 1. The van der Waals surface area contributed by atoms with Crippen LogP contribution >= 0.6 is 11.3 Å². The third-order valence-corrected chi connectivity index (χ3v) is 4.85. The van der Waals surface area contributed by atoms with E-state index in [4.69, 9.17) is 4.74 Å². The number of aryl methyl sites for hydroxylation is 1. The highest BCUT2D eigenvalue weighted by atomic mass is 32.1. The molecule has 1 fully saturated rings. The molecule has 1 aliphatic rings. The van der Waals surface area contributed by atoms with Gasteiger partial charge in [-0.05, 0) is 13.3 Å². The summed E-state index contributed by atoms with van der Waals surface area (Å²) in [5, 5.41) is 5.51. The number of nitrogens with one attached hydrogen (secondary N) is 1. The number of aromatic nitrogens is 1. The van der Waals surface area contributed by atoms with Crippen LogP contribution in [0.5, 0.6) is 0 Å². The second-order valence-corrected chi connectivity index (χ2v) is 6.53. The lowest BCUT2D eigenvalue weighted by atomic mass is 10.1. The minimum atomic E-state index is 0.0227. The Morgan fingerprint density at radius 1 is 1.55 bits per heavy atom. The van der Waals surface area contributed by atoms with Gasteiger partial charge in [-0.15, -0.1) is 11.3 Å². The number of nitrogens with zero attached hydrogens (tertiary/aromatic N) is 3. The van der Waals surface area contributed by atoms with Crippen LogP contribution in [0.2, 0.25) is 0 Å². The van der Waals surface area contributed by atoms with Gasteiger partial charge in [0.1, 0.15) is 0 Å². The number of rotatable bonds is 7. The molecule has 1 atom stereocenters. The van der Waals surface area contributed by atoms with Crippen molar-refractivity contribution < 1.29 is 9.53 Å². The van der Waals surface area contributed by atoms with Crippen LogP contribution in [0.3, 0.4) is 0 Å². The van der Waals surface area contributed by atoms with Gasteiger partial charge in [-0.1, -0.05) is 6.92 Å². The van der Waals surface area contributed by atoms with Gasteiger partial charge in [0.2, 0.25) is 5.91 Å². The molecule has 0 aliphatic carbocycles. The zero-order valence-electron chi connectivity index (χ0n) is 13.7. The number of carbonyl (C=O) groups excluding carboxylic acids is 1. The lowest BCUT2D eigenvalue weighted by molar-refractivity contribution is -0.118. The Bertz CT molecular complexity index is 480. The number of ether oxygens (including phenoxy) is 1. The van der Waals surface area contributed by atoms with Crippen LogP contribution in [0.4, 0.5) is 5.13 Å². The highest BCUT2D eigenvalue weighted by molar-refractivity contribution is 7.13. The summed E-state index contributed by atoms with van der Waals surface area (Å²) in [5.41, 5.74) is 0.943. The highest BCUT2D eigenvalue weighted by Crippen LogP contribution is 2.15. The first kappa shape index (κ1) is 17.3. The van der Waals surface area contributed by atoms with E-state index in [-0.39, 0.29) is 5.91 Å². The fourth-order valence-electron chi connectivity index (χ4n) is 2.76. The smallest absolute Gasteiger partial charge is 0.240 e. The molecule has 124 valence electrons. The number of anilines is 1. The normalized spacial score (nSPS) is 20.2. The predicted molar refractivity (Wildman–Crippen MR) is 89.4 cm³/mol. The van der Waals surface area contributed by atoms with Gasteiger partial charge in [-0.3, -0.25) is 14.6 Å². The van der Waals surface area contributed by atoms with Gasteiger partial charge >= 0.3 is 0 Å². The van der Waals surface area contributed by atoms with Gasteiger partial charge in [0, 0.05) is 44.7 Å². The zero-order chi connectivity index (χ0) is 15.9. The second-order valence-electron chi connectivity index (χ2n) is 5.67. The van der Waals surface area contributed by atoms with Crippen molar-refractivity contribution in [2.75, 3.05) is 51.8 Å². The maximum atomic E-state index is 12.1. The lowest BCUT2D eigenvalue weighted by Crippen LogP contribution is -2.54. The van der Waals surface area contributed by atoms with Crippen molar-refractivity contribution in [3.63, 3.8) is 0 Å². The number of amides is 1. The van der Waals surface area contributed by atoms with Crippen LogP contribution < -0.4 is 5.32 Å². The summed E-state index contributed by atoms with van der Waals surface area (Å²) in [6.45, 7) is 9.14. The molecule has 2 heterocycles. The molecule has 2 rings (SSSR count). The van der Waals surface area contributed by atoms with Crippen LogP contribution in [-0.2, 0) is 9.53 Å². The Balaban J connectivity index is 1.80. The quantitative estimate of drug-likeness (QED) is 0.821. The van der Waals surface area contributed by atoms with Crippen LogP contribution in [0.15, 0.2) is 5.38 Å². The Morgan fingerprint density at radius 2 is 2.36 bits per heavy atom. The van der Waals surface area contributed by atoms with E-state index in [0.29, 0.717) is 17.7 Å². The molecule has 0 radical (unpaired) electrons. The lowest BCUT2D eigenvalue weighted by Gasteiger charge is -2.40. The van der Waals surface area contributed by atoms with Crippen LogP contribution in [-0.4, -0.2) is 73.2 Å². The van der Waals surface area contributed by atoms with E-state index in [1.807, 2.05) is 12.3 Å². The first-order valence-corrected chi connectivity index (χ1v) is 8.67. The fraction of sp³-hybridized carbons (Fsp3) is 0.733. The maximum Gasteiger partial charge on any atom is 0.240 e. The molecule has 0 spiro atoms. The standard InChI is InChI=1S/C15H26N4O2S/c1-4-13-9-18(5-6-19(13)7-8-21-3)10-14(20)17-15-16-12(2)11-22-15/h11,13H,4-10H2,1-3H3,(H,16,17,20)/t13-/m1/s1. The SMILES string of the molecule is CC[C@@H]1CN(CC(=O)Nc2nc(C)cs2)CCN1CCOC. The van der Waals surface area contributed by atoms with Crippen molar-refractivity contribution in [3.05, 3.63) is 11.1 Å². The van der Waals surface area contributed by atoms with E-state index in [2.05, 4.69) is 27.0 Å². The Labute approximate surface area is 136 Å². The summed E-state index contributed by atoms with van der Waals surface area (Å²) in [5.74, 6) is 0.0227. The molecule has 0 aromatic carbocycles. The van der Waals surface area contributed by atoms with Crippen molar-refractivity contribution in [1.29, 1.82) is 0 Å². The highest BCUT2D eigenvalue weighted by Gasteiger charge is 2.26. The molecule has 0 bridgehead atoms. The van der Waals surface area contributed by atoms with Gasteiger partial charge in [-0.2, -0.15) is 0 Å². The summed E-state index contributed by atoms with van der Waals surface area (Å²) < 4.78 is 5.17. The van der Waals surface area contributed by atoms with Crippen molar-refractivity contribution in [2.45, 2.75) is 26.3 Å². The molecule has 0 unspecified atom stereocenters. The molecule has 1 aromatic rings. The molecule has 1 amide bonds. The van der Waals surface area contributed by atoms with E-state index in [0.717, 1.165) is 44.9 Å². The molecule has 0 saturated carbocycles. The molecular formula is C15H26N4O2S. The minimum Gasteiger partial charge on any atom is -0.383 e. The Hall–Kier alpha value is -1.02. The van der Waals surface area contributed by atoms with E-state index in [1.54, 1.807) is 7.11 Å². The van der Waals surface area contributed by atoms with Crippen LogP contribution in [0, 0.1) is 6.92 Å². The molecule has 1 aromatic heterocycles. The third-order valence-electron chi connectivity index (χ3n) is 3.98. The van der Waals surface area contributed by atoms with Crippen molar-refractivity contribution in [3.8, 4) is 0 Å². The third kappa shape index (κ3) is 5.01. The van der Waals surface area contributed by atoms with Crippen LogP contribution in [0.25, 0.3) is 0 Å². The minimum absolute atomic E-state index is 0.0227. The molecular weight excluding hydrogens is 300 g/mol. The van der Waals surface area contributed by atoms with Gasteiger partial charge in [0.15, 0.2) is 5.13 Å². The van der Waals surface area contributed by atoms with Crippen molar-refractivity contribution in [1.82, 2.24) is 14.8 Å². The average Bonchev–Trinajstić information content (AvgIpc) is 2.90. The first-order valence-electron chi connectivity index (χ1n) is 7.79.